The molecule has 0 bridgehead atoms. The van der Waals surface area contributed by atoms with Crippen LogP contribution in [0.2, 0.25) is 5.02 Å². The maximum absolute atomic E-state index is 14.0. The zero-order valence-corrected chi connectivity index (χ0v) is 15.6. The number of aliphatic imine (C=N–C) groups is 1. The van der Waals surface area contributed by atoms with Gasteiger partial charge in [0.25, 0.3) is 0 Å². The number of hydrogen-bond acceptors (Lipinski definition) is 5. The Morgan fingerprint density at radius 1 is 1.35 bits per heavy atom. The fraction of sp³-hybridized carbons (Fsp3) is 0.471. The van der Waals surface area contributed by atoms with Gasteiger partial charge in [0.1, 0.15) is 5.82 Å². The minimum atomic E-state index is -0.257. The van der Waals surface area contributed by atoms with Gasteiger partial charge in [-0.2, -0.15) is 4.98 Å². The van der Waals surface area contributed by atoms with E-state index in [1.165, 1.54) is 6.07 Å². The van der Waals surface area contributed by atoms with Crippen LogP contribution in [0.5, 0.6) is 0 Å². The zero-order chi connectivity index (χ0) is 18.5. The van der Waals surface area contributed by atoms with Gasteiger partial charge in [-0.3, -0.25) is 9.89 Å². The molecule has 3 rings (SSSR count). The first-order valence-corrected chi connectivity index (χ1v) is 8.84. The standard InChI is InChI=1S/C17H22ClFN6O/c1-12-22-16(23-26-12)10-21-17(20-2)25-8-6-24(7-9-25)11-13-14(18)4-3-5-15(13)19/h3-5H,6-11H2,1-2H3,(H,20,21). The van der Waals surface area contributed by atoms with Crippen molar-refractivity contribution in [1.29, 1.82) is 0 Å². The van der Waals surface area contributed by atoms with Crippen LogP contribution in [0, 0.1) is 12.7 Å². The molecule has 1 aliphatic heterocycles. The van der Waals surface area contributed by atoms with E-state index in [9.17, 15) is 4.39 Å². The lowest BCUT2D eigenvalue weighted by molar-refractivity contribution is 0.171. The third-order valence-corrected chi connectivity index (χ3v) is 4.66. The molecule has 9 heteroatoms. The van der Waals surface area contributed by atoms with Crippen LogP contribution in [-0.4, -0.2) is 59.1 Å². The van der Waals surface area contributed by atoms with E-state index in [1.807, 2.05) is 0 Å². The van der Waals surface area contributed by atoms with Crippen LogP contribution in [0.4, 0.5) is 4.39 Å². The first-order chi connectivity index (χ1) is 12.6. The number of rotatable bonds is 4. The highest BCUT2D eigenvalue weighted by molar-refractivity contribution is 6.31. The number of aromatic nitrogens is 2. The maximum atomic E-state index is 14.0. The molecule has 140 valence electrons. The zero-order valence-electron chi connectivity index (χ0n) is 14.9. The Morgan fingerprint density at radius 3 is 2.73 bits per heavy atom. The molecular formula is C17H22ClFN6O. The lowest BCUT2D eigenvalue weighted by atomic mass is 10.2. The lowest BCUT2D eigenvalue weighted by Gasteiger charge is -2.36. The van der Waals surface area contributed by atoms with Crippen LogP contribution in [0.15, 0.2) is 27.7 Å². The highest BCUT2D eigenvalue weighted by Gasteiger charge is 2.21. The molecule has 0 amide bonds. The molecule has 1 aromatic carbocycles. The molecule has 0 saturated carbocycles. The maximum Gasteiger partial charge on any atom is 0.223 e. The molecule has 0 atom stereocenters. The molecule has 0 unspecified atom stereocenters. The van der Waals surface area contributed by atoms with Crippen molar-refractivity contribution in [2.75, 3.05) is 33.2 Å². The van der Waals surface area contributed by atoms with Gasteiger partial charge in [0.2, 0.25) is 5.89 Å². The number of guanidine groups is 1. The Kier molecular flexibility index (Phi) is 6.05. The van der Waals surface area contributed by atoms with Gasteiger partial charge in [-0.15, -0.1) is 0 Å². The number of nitrogens with zero attached hydrogens (tertiary/aromatic N) is 5. The normalized spacial score (nSPS) is 16.2. The summed E-state index contributed by atoms with van der Waals surface area (Å²) >= 11 is 6.13. The van der Waals surface area contributed by atoms with Crippen molar-refractivity contribution >= 4 is 17.6 Å². The molecule has 1 N–H and O–H groups in total. The van der Waals surface area contributed by atoms with Crippen LogP contribution in [0.1, 0.15) is 17.3 Å². The number of piperazine rings is 1. The summed E-state index contributed by atoms with van der Waals surface area (Å²) in [6.07, 6.45) is 0. The van der Waals surface area contributed by atoms with Gasteiger partial charge in [0.05, 0.1) is 6.54 Å². The van der Waals surface area contributed by atoms with E-state index in [0.29, 0.717) is 35.4 Å². The molecule has 0 radical (unpaired) electrons. The van der Waals surface area contributed by atoms with Crippen LogP contribution >= 0.6 is 11.6 Å². The van der Waals surface area contributed by atoms with Gasteiger partial charge in [-0.05, 0) is 12.1 Å². The molecule has 1 aromatic heterocycles. The van der Waals surface area contributed by atoms with Crippen LogP contribution in [0.3, 0.4) is 0 Å². The first kappa shape index (κ1) is 18.6. The first-order valence-electron chi connectivity index (χ1n) is 8.47. The number of nitrogens with one attached hydrogen (secondary N) is 1. The number of benzene rings is 1. The van der Waals surface area contributed by atoms with E-state index >= 15 is 0 Å². The summed E-state index contributed by atoms with van der Waals surface area (Å²) in [7, 11) is 1.75. The fourth-order valence-corrected chi connectivity index (χ4v) is 3.15. The Balaban J connectivity index is 1.52. The molecular weight excluding hydrogens is 359 g/mol. The van der Waals surface area contributed by atoms with Crippen molar-refractivity contribution in [3.63, 3.8) is 0 Å². The van der Waals surface area contributed by atoms with Gasteiger partial charge < -0.3 is 14.7 Å². The highest BCUT2D eigenvalue weighted by atomic mass is 35.5. The Morgan fingerprint density at radius 2 is 2.12 bits per heavy atom. The Bertz CT molecular complexity index is 752. The van der Waals surface area contributed by atoms with E-state index < -0.39 is 0 Å². The summed E-state index contributed by atoms with van der Waals surface area (Å²) in [6, 6.07) is 4.80. The molecule has 1 saturated heterocycles. The summed E-state index contributed by atoms with van der Waals surface area (Å²) in [6.45, 7) is 5.89. The average molecular weight is 381 g/mol. The SMILES string of the molecule is CN=C(NCc1noc(C)n1)N1CCN(Cc2c(F)cccc2Cl)CC1. The topological polar surface area (TPSA) is 69.8 Å². The number of aryl methyl sites for hydroxylation is 1. The van der Waals surface area contributed by atoms with E-state index in [4.69, 9.17) is 16.1 Å². The van der Waals surface area contributed by atoms with Gasteiger partial charge in [0, 0.05) is 57.3 Å². The van der Waals surface area contributed by atoms with Crippen LogP contribution < -0.4 is 5.32 Å². The van der Waals surface area contributed by atoms with Crippen molar-refractivity contribution in [3.8, 4) is 0 Å². The molecule has 7 nitrogen and oxygen atoms in total. The second kappa shape index (κ2) is 8.46. The van der Waals surface area contributed by atoms with E-state index in [2.05, 4.69) is 30.2 Å². The van der Waals surface area contributed by atoms with E-state index in [0.717, 1.165) is 32.1 Å². The molecule has 2 aromatic rings. The van der Waals surface area contributed by atoms with Crippen molar-refractivity contribution in [2.45, 2.75) is 20.0 Å². The van der Waals surface area contributed by atoms with Gasteiger partial charge in [0.15, 0.2) is 11.8 Å². The third-order valence-electron chi connectivity index (χ3n) is 4.30. The van der Waals surface area contributed by atoms with Crippen molar-refractivity contribution in [3.05, 3.63) is 46.3 Å². The second-order valence-electron chi connectivity index (χ2n) is 6.09. The largest absolute Gasteiger partial charge is 0.349 e. The van der Waals surface area contributed by atoms with Crippen molar-refractivity contribution in [1.82, 2.24) is 25.3 Å². The Labute approximate surface area is 156 Å². The monoisotopic (exact) mass is 380 g/mol. The van der Waals surface area contributed by atoms with Gasteiger partial charge in [-0.1, -0.05) is 22.8 Å². The minimum Gasteiger partial charge on any atom is -0.349 e. The fourth-order valence-electron chi connectivity index (χ4n) is 2.93. The summed E-state index contributed by atoms with van der Waals surface area (Å²) in [4.78, 5) is 12.8. The van der Waals surface area contributed by atoms with E-state index in [1.54, 1.807) is 26.1 Å². The van der Waals surface area contributed by atoms with E-state index in [-0.39, 0.29) is 5.82 Å². The molecule has 2 heterocycles. The van der Waals surface area contributed by atoms with Gasteiger partial charge >= 0.3 is 0 Å². The Hall–Kier alpha value is -2.19. The lowest BCUT2D eigenvalue weighted by Crippen LogP contribution is -2.52. The van der Waals surface area contributed by atoms with Gasteiger partial charge in [-0.25, -0.2) is 4.39 Å². The second-order valence-corrected chi connectivity index (χ2v) is 6.50. The molecule has 0 spiro atoms. The molecule has 26 heavy (non-hydrogen) atoms. The number of halogens is 2. The quantitative estimate of drug-likeness (QED) is 0.646. The summed E-state index contributed by atoms with van der Waals surface area (Å²) in [5.41, 5.74) is 0.553. The van der Waals surface area contributed by atoms with Crippen molar-refractivity contribution in [2.24, 2.45) is 4.99 Å². The van der Waals surface area contributed by atoms with Crippen LogP contribution in [-0.2, 0) is 13.1 Å². The highest BCUT2D eigenvalue weighted by Crippen LogP contribution is 2.21. The summed E-state index contributed by atoms with van der Waals surface area (Å²) in [5.74, 6) is 1.66. The predicted octanol–water partition coefficient (Wildman–Crippen LogP) is 2.06. The van der Waals surface area contributed by atoms with Crippen LogP contribution in [0.25, 0.3) is 0 Å². The third kappa shape index (κ3) is 4.50. The number of hydrogen-bond donors (Lipinski definition) is 1. The molecule has 0 aliphatic carbocycles. The summed E-state index contributed by atoms with van der Waals surface area (Å²) in [5, 5.41) is 7.58. The smallest absolute Gasteiger partial charge is 0.223 e. The molecule has 1 aliphatic rings. The minimum absolute atomic E-state index is 0.257. The predicted molar refractivity (Wildman–Crippen MR) is 97.5 cm³/mol. The van der Waals surface area contributed by atoms with Crippen molar-refractivity contribution < 1.29 is 8.91 Å². The summed E-state index contributed by atoms with van der Waals surface area (Å²) < 4.78 is 18.9. The molecule has 1 fully saturated rings. The average Bonchev–Trinajstić information content (AvgIpc) is 3.05.